The van der Waals surface area contributed by atoms with Gasteiger partial charge in [0.05, 0.1) is 5.57 Å². The van der Waals surface area contributed by atoms with Crippen LogP contribution in [0.25, 0.3) is 6.08 Å². The van der Waals surface area contributed by atoms with Crippen molar-refractivity contribution < 1.29 is 23.4 Å². The van der Waals surface area contributed by atoms with Gasteiger partial charge in [-0.2, -0.15) is 0 Å². The van der Waals surface area contributed by atoms with Crippen LogP contribution in [0.4, 0.5) is 8.78 Å². The molecule has 19 heavy (non-hydrogen) atoms. The summed E-state index contributed by atoms with van der Waals surface area (Å²) in [4.78, 5) is 11.0. The smallest absolute Gasteiger partial charge is 0.335 e. The maximum absolute atomic E-state index is 12.8. The van der Waals surface area contributed by atoms with Crippen molar-refractivity contribution >= 4 is 23.6 Å². The number of alkyl halides is 2. The molecule has 0 bridgehead atoms. The average Bonchev–Trinajstić information content (AvgIpc) is 2.36. The summed E-state index contributed by atoms with van der Waals surface area (Å²) in [5.41, 5.74) is 0.694. The fourth-order valence-corrected chi connectivity index (χ4v) is 2.22. The molecular formula is C13H11ClF2O3. The van der Waals surface area contributed by atoms with Gasteiger partial charge in [0.1, 0.15) is 5.75 Å². The van der Waals surface area contributed by atoms with Crippen LogP contribution in [-0.2, 0) is 11.2 Å². The predicted molar refractivity (Wildman–Crippen MR) is 66.9 cm³/mol. The number of ether oxygens (including phenoxy) is 1. The van der Waals surface area contributed by atoms with Crippen LogP contribution in [0.15, 0.2) is 17.7 Å². The van der Waals surface area contributed by atoms with Gasteiger partial charge in [0.25, 0.3) is 6.43 Å². The SMILES string of the molecule is CCc1cc2c(cc1Cl)C=C(C(=O)O)C(C(F)F)O2. The van der Waals surface area contributed by atoms with E-state index in [0.29, 0.717) is 17.0 Å². The van der Waals surface area contributed by atoms with E-state index in [1.165, 1.54) is 12.1 Å². The van der Waals surface area contributed by atoms with E-state index in [4.69, 9.17) is 21.4 Å². The summed E-state index contributed by atoms with van der Waals surface area (Å²) in [6.07, 6.45) is -2.85. The Morgan fingerprint density at radius 3 is 2.74 bits per heavy atom. The molecule has 1 atom stereocenters. The van der Waals surface area contributed by atoms with Crippen LogP contribution in [0.2, 0.25) is 5.02 Å². The maximum atomic E-state index is 12.8. The second-order valence-corrected chi connectivity index (χ2v) is 4.52. The number of hydrogen-bond donors (Lipinski definition) is 1. The van der Waals surface area contributed by atoms with Crippen molar-refractivity contribution in [1.29, 1.82) is 0 Å². The number of rotatable bonds is 3. The second-order valence-electron chi connectivity index (χ2n) is 4.11. The van der Waals surface area contributed by atoms with Crippen molar-refractivity contribution in [3.05, 3.63) is 33.9 Å². The summed E-state index contributed by atoms with van der Waals surface area (Å²) < 4.78 is 30.8. The summed E-state index contributed by atoms with van der Waals surface area (Å²) >= 11 is 6.01. The third-order valence-electron chi connectivity index (χ3n) is 2.91. The van der Waals surface area contributed by atoms with Crippen molar-refractivity contribution in [1.82, 2.24) is 0 Å². The van der Waals surface area contributed by atoms with Crippen molar-refractivity contribution in [2.75, 3.05) is 0 Å². The van der Waals surface area contributed by atoms with Gasteiger partial charge in [0.15, 0.2) is 6.10 Å². The third kappa shape index (κ3) is 2.56. The van der Waals surface area contributed by atoms with Crippen LogP contribution in [-0.4, -0.2) is 23.6 Å². The van der Waals surface area contributed by atoms with Crippen molar-refractivity contribution in [2.45, 2.75) is 25.9 Å². The Morgan fingerprint density at radius 1 is 1.53 bits per heavy atom. The lowest BCUT2D eigenvalue weighted by molar-refractivity contribution is -0.134. The lowest BCUT2D eigenvalue weighted by Gasteiger charge is -2.25. The molecule has 0 saturated heterocycles. The molecule has 0 saturated carbocycles. The van der Waals surface area contributed by atoms with E-state index in [2.05, 4.69) is 0 Å². The highest BCUT2D eigenvalue weighted by Crippen LogP contribution is 2.35. The number of carbonyl (C=O) groups is 1. The fraction of sp³-hybridized carbons (Fsp3) is 0.308. The molecule has 102 valence electrons. The zero-order valence-corrected chi connectivity index (χ0v) is 10.7. The molecule has 0 fully saturated rings. The minimum Gasteiger partial charge on any atom is -0.479 e. The summed E-state index contributed by atoms with van der Waals surface area (Å²) in [6.45, 7) is 1.87. The highest BCUT2D eigenvalue weighted by molar-refractivity contribution is 6.31. The van der Waals surface area contributed by atoms with Crippen LogP contribution < -0.4 is 4.74 Å². The Morgan fingerprint density at radius 2 is 2.21 bits per heavy atom. The van der Waals surface area contributed by atoms with Crippen molar-refractivity contribution in [3.8, 4) is 5.75 Å². The molecule has 1 N–H and O–H groups in total. The van der Waals surface area contributed by atoms with Gasteiger partial charge in [0.2, 0.25) is 0 Å². The van der Waals surface area contributed by atoms with Crippen LogP contribution in [0.5, 0.6) is 5.75 Å². The normalized spacial score (nSPS) is 17.7. The number of hydrogen-bond acceptors (Lipinski definition) is 2. The van der Waals surface area contributed by atoms with Gasteiger partial charge < -0.3 is 9.84 Å². The number of halogens is 3. The van der Waals surface area contributed by atoms with Gasteiger partial charge >= 0.3 is 5.97 Å². The first kappa shape index (κ1) is 13.8. The molecule has 1 unspecified atom stereocenters. The second kappa shape index (κ2) is 5.17. The molecule has 1 aromatic carbocycles. The summed E-state index contributed by atoms with van der Waals surface area (Å²) in [7, 11) is 0. The topological polar surface area (TPSA) is 46.5 Å². The Labute approximate surface area is 113 Å². The summed E-state index contributed by atoms with van der Waals surface area (Å²) in [5, 5.41) is 9.40. The number of aliphatic carboxylic acids is 1. The van der Waals surface area contributed by atoms with Crippen molar-refractivity contribution in [3.63, 3.8) is 0 Å². The van der Waals surface area contributed by atoms with E-state index >= 15 is 0 Å². The molecule has 3 nitrogen and oxygen atoms in total. The third-order valence-corrected chi connectivity index (χ3v) is 3.26. The first-order chi connectivity index (χ1) is 8.93. The number of carboxylic acid groups (broad SMARTS) is 1. The number of carboxylic acids is 1. The maximum Gasteiger partial charge on any atom is 0.335 e. The van der Waals surface area contributed by atoms with Crippen LogP contribution in [0.1, 0.15) is 18.1 Å². The van der Waals surface area contributed by atoms with E-state index in [1.807, 2.05) is 6.92 Å². The Kier molecular flexibility index (Phi) is 3.75. The van der Waals surface area contributed by atoms with E-state index in [9.17, 15) is 13.6 Å². The standard InChI is InChI=1S/C13H11ClF2O3/c1-2-6-5-10-7(4-9(6)14)3-8(13(17)18)11(19-10)12(15)16/h3-5,11-12H,2H2,1H3,(H,17,18). The quantitative estimate of drug-likeness (QED) is 0.927. The summed E-state index contributed by atoms with van der Waals surface area (Å²) in [5.74, 6) is -1.19. The molecule has 1 aliphatic heterocycles. The van der Waals surface area contributed by atoms with Crippen molar-refractivity contribution in [2.24, 2.45) is 0 Å². The fourth-order valence-electron chi connectivity index (χ4n) is 1.92. The first-order valence-corrected chi connectivity index (χ1v) is 6.04. The zero-order valence-electron chi connectivity index (χ0n) is 9.99. The average molecular weight is 289 g/mol. The van der Waals surface area contributed by atoms with Gasteiger partial charge in [0, 0.05) is 10.6 Å². The minimum atomic E-state index is -2.91. The molecule has 0 radical (unpaired) electrons. The van der Waals surface area contributed by atoms with Gasteiger partial charge in [-0.15, -0.1) is 0 Å². The molecule has 1 heterocycles. The minimum absolute atomic E-state index is 0.233. The summed E-state index contributed by atoms with van der Waals surface area (Å²) in [6, 6.07) is 3.10. The Hall–Kier alpha value is -1.62. The van der Waals surface area contributed by atoms with Gasteiger partial charge in [-0.05, 0) is 30.2 Å². The van der Waals surface area contributed by atoms with E-state index in [1.54, 1.807) is 6.07 Å². The lowest BCUT2D eigenvalue weighted by atomic mass is 10.00. The Balaban J connectivity index is 2.53. The molecule has 0 aliphatic carbocycles. The predicted octanol–water partition coefficient (Wildman–Crippen LogP) is 3.40. The molecule has 1 aliphatic rings. The molecule has 0 aromatic heterocycles. The zero-order chi connectivity index (χ0) is 14.2. The number of aryl methyl sites for hydroxylation is 1. The molecular weight excluding hydrogens is 278 g/mol. The van der Waals surface area contributed by atoms with Crippen LogP contribution in [0, 0.1) is 0 Å². The van der Waals surface area contributed by atoms with Crippen LogP contribution >= 0.6 is 11.6 Å². The van der Waals surface area contributed by atoms with E-state index < -0.39 is 24.1 Å². The first-order valence-electron chi connectivity index (χ1n) is 5.66. The molecule has 6 heteroatoms. The largest absolute Gasteiger partial charge is 0.479 e. The number of benzene rings is 1. The molecule has 0 spiro atoms. The van der Waals surface area contributed by atoms with E-state index in [0.717, 1.165) is 5.56 Å². The van der Waals surface area contributed by atoms with E-state index in [-0.39, 0.29) is 5.75 Å². The molecule has 0 amide bonds. The lowest BCUT2D eigenvalue weighted by Crippen LogP contribution is -2.33. The highest BCUT2D eigenvalue weighted by atomic mass is 35.5. The number of fused-ring (bicyclic) bond motifs is 1. The van der Waals surface area contributed by atoms with Crippen LogP contribution in [0.3, 0.4) is 0 Å². The van der Waals surface area contributed by atoms with Gasteiger partial charge in [-0.25, -0.2) is 13.6 Å². The highest BCUT2D eigenvalue weighted by Gasteiger charge is 2.35. The monoisotopic (exact) mass is 288 g/mol. The van der Waals surface area contributed by atoms with Gasteiger partial charge in [-0.3, -0.25) is 0 Å². The molecule has 2 rings (SSSR count). The molecule has 1 aromatic rings. The van der Waals surface area contributed by atoms with Gasteiger partial charge in [-0.1, -0.05) is 18.5 Å². The Bertz CT molecular complexity index is 555.